The lowest BCUT2D eigenvalue weighted by atomic mass is 10.0. The number of aromatic nitrogens is 1. The second kappa shape index (κ2) is 3.55. The van der Waals surface area contributed by atoms with E-state index in [0.717, 1.165) is 11.1 Å². The van der Waals surface area contributed by atoms with Gasteiger partial charge in [0.2, 0.25) is 0 Å². The van der Waals surface area contributed by atoms with Crippen molar-refractivity contribution in [3.63, 3.8) is 0 Å². The maximum Gasteiger partial charge on any atom is 0.419 e. The van der Waals surface area contributed by atoms with E-state index >= 15 is 0 Å². The first-order chi connectivity index (χ1) is 7.13. The monoisotopic (exact) mass is 207 g/mol. The van der Waals surface area contributed by atoms with E-state index in [1.54, 1.807) is 13.1 Å². The number of aryl methyl sites for hydroxylation is 1. The Kier molecular flexibility index (Phi) is 2.36. The highest BCUT2D eigenvalue weighted by molar-refractivity contribution is 5.73. The second-order valence-electron chi connectivity index (χ2n) is 3.74. The van der Waals surface area contributed by atoms with Crippen LogP contribution in [0.3, 0.4) is 0 Å². The number of hydrogen-bond acceptors (Lipinski definition) is 3. The lowest BCUT2D eigenvalue weighted by Gasteiger charge is -2.06. The molecule has 1 N–H and O–H groups in total. The fraction of sp³-hybridized carbons (Fsp3) is 0.364. The summed E-state index contributed by atoms with van der Waals surface area (Å²) in [5.41, 5.74) is 2.31. The molecular formula is C11H13NO3. The highest BCUT2D eigenvalue weighted by Crippen LogP contribution is 2.20. The smallest absolute Gasteiger partial charge is 0.408 e. The number of aliphatic hydroxyl groups is 1. The molecule has 0 fully saturated rings. The van der Waals surface area contributed by atoms with Gasteiger partial charge in [-0.15, -0.1) is 0 Å². The van der Waals surface area contributed by atoms with Crippen molar-refractivity contribution in [2.75, 3.05) is 6.61 Å². The SMILES string of the molecule is CC(CO)c1ccc2c(c1)oc(=O)n2C. The zero-order valence-corrected chi connectivity index (χ0v) is 8.73. The van der Waals surface area contributed by atoms with Crippen LogP contribution in [-0.2, 0) is 7.05 Å². The molecule has 0 aliphatic rings. The van der Waals surface area contributed by atoms with Crippen LogP contribution in [-0.4, -0.2) is 16.3 Å². The third-order valence-corrected chi connectivity index (χ3v) is 2.66. The topological polar surface area (TPSA) is 55.4 Å². The maximum atomic E-state index is 11.2. The molecule has 0 radical (unpaired) electrons. The summed E-state index contributed by atoms with van der Waals surface area (Å²) in [4.78, 5) is 11.2. The Morgan fingerprint density at radius 1 is 1.53 bits per heavy atom. The largest absolute Gasteiger partial charge is 0.419 e. The first-order valence-electron chi connectivity index (χ1n) is 4.84. The van der Waals surface area contributed by atoms with Crippen molar-refractivity contribution in [2.45, 2.75) is 12.8 Å². The molecule has 2 rings (SSSR count). The predicted molar refractivity (Wildman–Crippen MR) is 57.0 cm³/mol. The Labute approximate surface area is 86.8 Å². The number of benzene rings is 1. The van der Waals surface area contributed by atoms with Crippen molar-refractivity contribution in [2.24, 2.45) is 7.05 Å². The molecule has 15 heavy (non-hydrogen) atoms. The highest BCUT2D eigenvalue weighted by Gasteiger charge is 2.09. The van der Waals surface area contributed by atoms with Gasteiger partial charge in [0, 0.05) is 19.6 Å². The molecule has 0 saturated heterocycles. The van der Waals surface area contributed by atoms with Gasteiger partial charge in [0.15, 0.2) is 5.58 Å². The summed E-state index contributed by atoms with van der Waals surface area (Å²) in [5.74, 6) is -0.307. The summed E-state index contributed by atoms with van der Waals surface area (Å²) in [6, 6.07) is 5.54. The normalized spacial score (nSPS) is 13.3. The lowest BCUT2D eigenvalue weighted by Crippen LogP contribution is -2.08. The van der Waals surface area contributed by atoms with Gasteiger partial charge in [0.25, 0.3) is 0 Å². The summed E-state index contributed by atoms with van der Waals surface area (Å²) in [7, 11) is 1.67. The molecule has 1 atom stereocenters. The van der Waals surface area contributed by atoms with E-state index < -0.39 is 0 Å². The number of rotatable bonds is 2. The third kappa shape index (κ3) is 1.57. The number of nitrogens with zero attached hydrogens (tertiary/aromatic N) is 1. The van der Waals surface area contributed by atoms with Crippen molar-refractivity contribution in [3.8, 4) is 0 Å². The predicted octanol–water partition coefficient (Wildman–Crippen LogP) is 1.23. The Morgan fingerprint density at radius 2 is 2.27 bits per heavy atom. The van der Waals surface area contributed by atoms with Crippen LogP contribution in [0.4, 0.5) is 0 Å². The average Bonchev–Trinajstić information content (AvgIpc) is 2.53. The van der Waals surface area contributed by atoms with Gasteiger partial charge in [-0.1, -0.05) is 13.0 Å². The van der Waals surface area contributed by atoms with Gasteiger partial charge in [0.05, 0.1) is 5.52 Å². The third-order valence-electron chi connectivity index (χ3n) is 2.66. The molecule has 4 heteroatoms. The van der Waals surface area contributed by atoms with Gasteiger partial charge in [-0.2, -0.15) is 0 Å². The maximum absolute atomic E-state index is 11.2. The minimum Gasteiger partial charge on any atom is -0.408 e. The van der Waals surface area contributed by atoms with Gasteiger partial charge >= 0.3 is 5.76 Å². The Morgan fingerprint density at radius 3 is 2.93 bits per heavy atom. The summed E-state index contributed by atoms with van der Waals surface area (Å²) in [6.07, 6.45) is 0. The van der Waals surface area contributed by atoms with E-state index in [1.165, 1.54) is 4.57 Å². The van der Waals surface area contributed by atoms with Gasteiger partial charge in [-0.25, -0.2) is 4.79 Å². The van der Waals surface area contributed by atoms with Crippen molar-refractivity contribution in [3.05, 3.63) is 34.3 Å². The van der Waals surface area contributed by atoms with Crippen LogP contribution in [0.2, 0.25) is 0 Å². The Balaban J connectivity index is 2.62. The standard InChI is InChI=1S/C11H13NO3/c1-7(6-13)8-3-4-9-10(5-8)15-11(14)12(9)2/h3-5,7,13H,6H2,1-2H3. The molecule has 1 unspecified atom stereocenters. The van der Waals surface area contributed by atoms with E-state index in [0.29, 0.717) is 5.58 Å². The molecule has 4 nitrogen and oxygen atoms in total. The van der Waals surface area contributed by atoms with E-state index in [-0.39, 0.29) is 18.3 Å². The molecule has 0 aliphatic heterocycles. The quantitative estimate of drug-likeness (QED) is 0.805. The molecular weight excluding hydrogens is 194 g/mol. The molecule has 1 heterocycles. The van der Waals surface area contributed by atoms with Gasteiger partial charge in [-0.05, 0) is 17.7 Å². The number of oxazole rings is 1. The fourth-order valence-electron chi connectivity index (χ4n) is 1.56. The molecule has 0 saturated carbocycles. The number of fused-ring (bicyclic) bond motifs is 1. The van der Waals surface area contributed by atoms with E-state index in [2.05, 4.69) is 0 Å². The second-order valence-corrected chi connectivity index (χ2v) is 3.74. The van der Waals surface area contributed by atoms with Gasteiger partial charge in [-0.3, -0.25) is 4.57 Å². The summed E-state index contributed by atoms with van der Waals surface area (Å²) in [5, 5.41) is 9.02. The van der Waals surface area contributed by atoms with Crippen LogP contribution in [0.25, 0.3) is 11.1 Å². The average molecular weight is 207 g/mol. The van der Waals surface area contributed by atoms with Gasteiger partial charge in [0.1, 0.15) is 0 Å². The van der Waals surface area contributed by atoms with E-state index in [1.807, 2.05) is 19.1 Å². The Bertz CT molecular complexity index is 538. The molecule has 1 aromatic heterocycles. The fourth-order valence-corrected chi connectivity index (χ4v) is 1.56. The summed E-state index contributed by atoms with van der Waals surface area (Å²) in [6.45, 7) is 2.00. The lowest BCUT2D eigenvalue weighted by molar-refractivity contribution is 0.273. The minimum absolute atomic E-state index is 0.0555. The van der Waals surface area contributed by atoms with Crippen LogP contribution < -0.4 is 5.76 Å². The molecule has 0 amide bonds. The molecule has 0 spiro atoms. The van der Waals surface area contributed by atoms with Crippen molar-refractivity contribution >= 4 is 11.1 Å². The molecule has 0 aliphatic carbocycles. The Hall–Kier alpha value is -1.55. The van der Waals surface area contributed by atoms with Crippen LogP contribution in [0, 0.1) is 0 Å². The van der Waals surface area contributed by atoms with Crippen molar-refractivity contribution < 1.29 is 9.52 Å². The molecule has 2 aromatic rings. The summed E-state index contributed by atoms with van der Waals surface area (Å²) < 4.78 is 6.52. The van der Waals surface area contributed by atoms with Crippen LogP contribution >= 0.6 is 0 Å². The highest BCUT2D eigenvalue weighted by atomic mass is 16.4. The molecule has 0 bridgehead atoms. The van der Waals surface area contributed by atoms with Gasteiger partial charge < -0.3 is 9.52 Å². The first kappa shape index (κ1) is 9.98. The van der Waals surface area contributed by atoms with E-state index in [4.69, 9.17) is 9.52 Å². The van der Waals surface area contributed by atoms with Crippen molar-refractivity contribution in [1.29, 1.82) is 0 Å². The zero-order valence-electron chi connectivity index (χ0n) is 8.73. The van der Waals surface area contributed by atoms with Crippen LogP contribution in [0.15, 0.2) is 27.4 Å². The summed E-state index contributed by atoms with van der Waals surface area (Å²) >= 11 is 0. The van der Waals surface area contributed by atoms with E-state index in [9.17, 15) is 4.79 Å². The van der Waals surface area contributed by atoms with Crippen molar-refractivity contribution in [1.82, 2.24) is 4.57 Å². The number of hydrogen-bond donors (Lipinski definition) is 1. The van der Waals surface area contributed by atoms with Crippen LogP contribution in [0.5, 0.6) is 0 Å². The zero-order chi connectivity index (χ0) is 11.0. The molecule has 80 valence electrons. The number of aliphatic hydroxyl groups excluding tert-OH is 1. The minimum atomic E-state index is -0.362. The first-order valence-corrected chi connectivity index (χ1v) is 4.84. The molecule has 1 aromatic carbocycles. The van der Waals surface area contributed by atoms with Crippen LogP contribution in [0.1, 0.15) is 18.4 Å².